The quantitative estimate of drug-likeness (QED) is 0.252. The average molecular weight is 584 g/mol. The molecule has 1 aliphatic carbocycles. The summed E-state index contributed by atoms with van der Waals surface area (Å²) in [5.74, 6) is -0.549. The number of hydrogen-bond acceptors (Lipinski definition) is 6. The Kier molecular flexibility index (Phi) is 7.76. The van der Waals surface area contributed by atoms with E-state index in [0.29, 0.717) is 27.8 Å². The van der Waals surface area contributed by atoms with Crippen LogP contribution < -0.4 is 10.8 Å². The number of benzene rings is 3. The van der Waals surface area contributed by atoms with Gasteiger partial charge in [0.15, 0.2) is 0 Å². The number of ether oxygens (including phenoxy) is 2. The van der Waals surface area contributed by atoms with E-state index in [-0.39, 0.29) is 12.5 Å². The molecule has 1 saturated heterocycles. The van der Waals surface area contributed by atoms with E-state index in [1.54, 1.807) is 0 Å². The lowest BCUT2D eigenvalue weighted by Crippen LogP contribution is -2.41. The minimum atomic E-state index is -0.741. The lowest BCUT2D eigenvalue weighted by atomic mass is 9.70. The van der Waals surface area contributed by atoms with Crippen molar-refractivity contribution in [1.82, 2.24) is 0 Å². The molecule has 0 atom stereocenters. The highest BCUT2D eigenvalue weighted by atomic mass is 16.7. The first kappa shape index (κ1) is 30.8. The summed E-state index contributed by atoms with van der Waals surface area (Å²) in [5.41, 5.74) is 6.29. The molecular weight excluding hydrogens is 541 g/mol. The zero-order chi connectivity index (χ0) is 31.5. The largest absolute Gasteiger partial charge is 0.495 e. The molecule has 43 heavy (non-hydrogen) atoms. The number of carbonyl (C=O) groups excluding carboxylic acids is 2. The van der Waals surface area contributed by atoms with Crippen LogP contribution in [0.5, 0.6) is 0 Å². The van der Waals surface area contributed by atoms with Crippen molar-refractivity contribution in [2.75, 3.05) is 11.9 Å². The molecule has 8 heteroatoms. The number of amides is 1. The number of fused-ring (bicyclic) bond motifs is 3. The zero-order valence-electron chi connectivity index (χ0n) is 26.9. The predicted octanol–water partition coefficient (Wildman–Crippen LogP) is 7.23. The van der Waals surface area contributed by atoms with Gasteiger partial charge in [-0.3, -0.25) is 5.32 Å². The molecule has 1 amide bonds. The van der Waals surface area contributed by atoms with Gasteiger partial charge in [0, 0.05) is 5.92 Å². The van der Waals surface area contributed by atoms with Crippen LogP contribution in [0.2, 0.25) is 0 Å². The van der Waals surface area contributed by atoms with Gasteiger partial charge in [-0.2, -0.15) is 0 Å². The number of anilines is 1. The van der Waals surface area contributed by atoms with Crippen molar-refractivity contribution in [2.45, 2.75) is 92.0 Å². The third kappa shape index (κ3) is 5.59. The summed E-state index contributed by atoms with van der Waals surface area (Å²) in [6.07, 6.45) is -0.605. The molecule has 3 aromatic rings. The molecule has 226 valence electrons. The number of esters is 1. The summed E-state index contributed by atoms with van der Waals surface area (Å²) >= 11 is 0. The smallest absolute Gasteiger partial charge is 0.456 e. The minimum absolute atomic E-state index is 0.0731. The van der Waals surface area contributed by atoms with Gasteiger partial charge >= 0.3 is 19.2 Å². The first-order valence-electron chi connectivity index (χ1n) is 14.9. The SMILES string of the molecule is Cc1c(NC(=O)OCC2c3ccccc3-c3ccccc32)c(C)c(C(=O)OC(C)(C)C)c(C)c1B1OC(C)(C)C(C)(C)O1. The fraction of sp³-hybridized carbons (Fsp3) is 0.429. The molecule has 0 unspecified atom stereocenters. The number of hydrogen-bond donors (Lipinski definition) is 1. The monoisotopic (exact) mass is 583 g/mol. The van der Waals surface area contributed by atoms with Gasteiger partial charge in [0.05, 0.1) is 22.5 Å². The molecule has 1 heterocycles. The summed E-state index contributed by atoms with van der Waals surface area (Å²) in [7, 11) is -0.741. The standard InChI is InChI=1S/C35H42BNO6/c1-20-28(31(38)41-33(4,5)6)21(2)30(22(3)29(20)36-42-34(7,8)35(9,10)43-36)37-32(39)40-19-27-25-17-13-11-15-23(25)24-16-12-14-18-26(24)27/h11-18,27H,19H2,1-10H3,(H,37,39). The highest BCUT2D eigenvalue weighted by Gasteiger charge is 2.53. The van der Waals surface area contributed by atoms with E-state index in [2.05, 4.69) is 29.6 Å². The summed E-state index contributed by atoms with van der Waals surface area (Å²) in [5, 5.41) is 2.96. The molecule has 0 aromatic heterocycles. The minimum Gasteiger partial charge on any atom is -0.456 e. The van der Waals surface area contributed by atoms with Gasteiger partial charge in [-0.1, -0.05) is 48.5 Å². The molecular formula is C35H42BNO6. The highest BCUT2D eigenvalue weighted by Crippen LogP contribution is 2.44. The third-order valence-corrected chi connectivity index (χ3v) is 8.97. The maximum atomic E-state index is 13.6. The molecule has 0 spiro atoms. The molecule has 1 N–H and O–H groups in total. The maximum Gasteiger partial charge on any atom is 0.495 e. The first-order chi connectivity index (χ1) is 20.0. The molecule has 1 fully saturated rings. The Morgan fingerprint density at radius 2 is 1.35 bits per heavy atom. The second-order valence-electron chi connectivity index (χ2n) is 13.6. The van der Waals surface area contributed by atoms with Gasteiger partial charge in [-0.25, -0.2) is 9.59 Å². The van der Waals surface area contributed by atoms with Gasteiger partial charge in [0.25, 0.3) is 0 Å². The van der Waals surface area contributed by atoms with Crippen LogP contribution >= 0.6 is 0 Å². The summed E-state index contributed by atoms with van der Waals surface area (Å²) in [6, 6.07) is 16.4. The van der Waals surface area contributed by atoms with E-state index in [1.165, 1.54) is 0 Å². The van der Waals surface area contributed by atoms with Crippen molar-refractivity contribution >= 4 is 30.3 Å². The molecule has 1 aliphatic heterocycles. The van der Waals surface area contributed by atoms with Crippen molar-refractivity contribution in [3.05, 3.63) is 81.9 Å². The molecule has 7 nitrogen and oxygen atoms in total. The van der Waals surface area contributed by atoms with E-state index in [4.69, 9.17) is 18.8 Å². The van der Waals surface area contributed by atoms with Crippen LogP contribution in [-0.4, -0.2) is 42.6 Å². The van der Waals surface area contributed by atoms with Crippen LogP contribution in [0.3, 0.4) is 0 Å². The van der Waals surface area contributed by atoms with Crippen molar-refractivity contribution in [1.29, 1.82) is 0 Å². The van der Waals surface area contributed by atoms with Gasteiger partial charge in [-0.15, -0.1) is 0 Å². The van der Waals surface area contributed by atoms with E-state index in [1.807, 2.05) is 93.5 Å². The molecule has 3 aromatic carbocycles. The normalized spacial score (nSPS) is 16.9. The fourth-order valence-electron chi connectivity index (χ4n) is 6.11. The average Bonchev–Trinajstić information content (AvgIpc) is 3.33. The third-order valence-electron chi connectivity index (χ3n) is 8.97. The van der Waals surface area contributed by atoms with Gasteiger partial charge < -0.3 is 18.8 Å². The van der Waals surface area contributed by atoms with Crippen LogP contribution in [0, 0.1) is 20.8 Å². The highest BCUT2D eigenvalue weighted by molar-refractivity contribution is 6.63. The van der Waals surface area contributed by atoms with Gasteiger partial charge in [0.2, 0.25) is 0 Å². The Morgan fingerprint density at radius 1 is 0.837 bits per heavy atom. The second-order valence-corrected chi connectivity index (χ2v) is 13.6. The van der Waals surface area contributed by atoms with Gasteiger partial charge in [-0.05, 0) is 114 Å². The fourth-order valence-corrected chi connectivity index (χ4v) is 6.11. The van der Waals surface area contributed by atoms with Crippen LogP contribution in [-0.2, 0) is 18.8 Å². The van der Waals surface area contributed by atoms with Crippen LogP contribution in [0.4, 0.5) is 10.5 Å². The lowest BCUT2D eigenvalue weighted by Gasteiger charge is -2.32. The Hall–Kier alpha value is -3.62. The van der Waals surface area contributed by atoms with E-state index in [9.17, 15) is 9.59 Å². The first-order valence-corrected chi connectivity index (χ1v) is 14.9. The van der Waals surface area contributed by atoms with Crippen LogP contribution in [0.25, 0.3) is 11.1 Å². The summed E-state index contributed by atoms with van der Waals surface area (Å²) < 4.78 is 24.5. The van der Waals surface area contributed by atoms with Crippen molar-refractivity contribution in [2.24, 2.45) is 0 Å². The molecule has 2 aliphatic rings. The van der Waals surface area contributed by atoms with Crippen molar-refractivity contribution in [3.8, 4) is 11.1 Å². The zero-order valence-corrected chi connectivity index (χ0v) is 26.9. The van der Waals surface area contributed by atoms with Crippen molar-refractivity contribution < 1.29 is 28.4 Å². The van der Waals surface area contributed by atoms with E-state index < -0.39 is 36.0 Å². The second kappa shape index (κ2) is 10.8. The Balaban J connectivity index is 1.48. The molecule has 0 radical (unpaired) electrons. The van der Waals surface area contributed by atoms with Crippen molar-refractivity contribution in [3.63, 3.8) is 0 Å². The maximum absolute atomic E-state index is 13.6. The topological polar surface area (TPSA) is 83.1 Å². The number of carbonyl (C=O) groups is 2. The molecule has 0 bridgehead atoms. The number of nitrogens with one attached hydrogen (secondary N) is 1. The lowest BCUT2D eigenvalue weighted by molar-refractivity contribution is 0.00578. The van der Waals surface area contributed by atoms with Gasteiger partial charge in [0.1, 0.15) is 12.2 Å². The van der Waals surface area contributed by atoms with Crippen LogP contribution in [0.1, 0.15) is 92.6 Å². The van der Waals surface area contributed by atoms with E-state index >= 15 is 0 Å². The Labute approximate surface area is 255 Å². The van der Waals surface area contributed by atoms with E-state index in [0.717, 1.165) is 27.8 Å². The summed E-state index contributed by atoms with van der Waals surface area (Å²) in [4.78, 5) is 27.0. The van der Waals surface area contributed by atoms with Crippen LogP contribution in [0.15, 0.2) is 48.5 Å². The Morgan fingerprint density at radius 3 is 1.86 bits per heavy atom. The number of rotatable bonds is 5. The molecule has 5 rings (SSSR count). The predicted molar refractivity (Wildman–Crippen MR) is 170 cm³/mol. The molecule has 0 saturated carbocycles. The summed E-state index contributed by atoms with van der Waals surface area (Å²) in [6.45, 7) is 19.2. The Bertz CT molecular complexity index is 1540.